The molecule has 0 aromatic carbocycles. The number of carbonyl (C=O) groups is 1. The smallest absolute Gasteiger partial charge is 0.326 e. The number of nitrogens with zero attached hydrogens (tertiary/aromatic N) is 4. The van der Waals surface area contributed by atoms with Crippen LogP contribution in [0.4, 0.5) is 16.4 Å². The van der Waals surface area contributed by atoms with Gasteiger partial charge in [-0.05, 0) is 50.0 Å². The highest BCUT2D eigenvalue weighted by atomic mass is 32.1. The van der Waals surface area contributed by atoms with Crippen molar-refractivity contribution in [1.29, 1.82) is 0 Å². The van der Waals surface area contributed by atoms with Gasteiger partial charge in [-0.15, -0.1) is 11.3 Å². The van der Waals surface area contributed by atoms with Gasteiger partial charge >= 0.3 is 6.03 Å². The molecule has 2 bridgehead atoms. The second-order valence-corrected chi connectivity index (χ2v) is 8.37. The van der Waals surface area contributed by atoms with Gasteiger partial charge < -0.3 is 4.74 Å². The average molecular weight is 423 g/mol. The first-order valence-electron chi connectivity index (χ1n) is 10.0. The second-order valence-electron chi connectivity index (χ2n) is 7.51. The van der Waals surface area contributed by atoms with Gasteiger partial charge in [-0.2, -0.15) is 4.98 Å². The normalized spacial score (nSPS) is 22.5. The fraction of sp³-hybridized carbons (Fsp3) is 0.333. The molecule has 0 spiro atoms. The number of amides is 2. The van der Waals surface area contributed by atoms with Crippen LogP contribution in [0.3, 0.4) is 0 Å². The molecule has 3 aromatic heterocycles. The number of fused-ring (bicyclic) bond motifs is 3. The molecule has 1 atom stereocenters. The van der Waals surface area contributed by atoms with Gasteiger partial charge in [0, 0.05) is 35.9 Å². The lowest BCUT2D eigenvalue weighted by atomic mass is 9.86. The number of piperidine rings is 3. The number of anilines is 2. The zero-order valence-corrected chi connectivity index (χ0v) is 17.1. The van der Waals surface area contributed by atoms with Crippen LogP contribution in [0.5, 0.6) is 5.88 Å². The summed E-state index contributed by atoms with van der Waals surface area (Å²) in [5.41, 5.74) is 0.961. The predicted octanol–water partition coefficient (Wildman–Crippen LogP) is 3.72. The van der Waals surface area contributed by atoms with Crippen LogP contribution in [0.25, 0.3) is 10.6 Å². The largest absolute Gasteiger partial charge is 0.473 e. The minimum atomic E-state index is -0.394. The Balaban J connectivity index is 1.19. The Morgan fingerprint density at radius 2 is 1.87 bits per heavy atom. The Morgan fingerprint density at radius 1 is 1.07 bits per heavy atom. The number of pyridine rings is 2. The van der Waals surface area contributed by atoms with Gasteiger partial charge in [0.05, 0.1) is 0 Å². The van der Waals surface area contributed by atoms with Crippen LogP contribution in [-0.2, 0) is 0 Å². The third kappa shape index (κ3) is 4.27. The molecule has 3 fully saturated rings. The van der Waals surface area contributed by atoms with Crippen molar-refractivity contribution in [2.24, 2.45) is 5.92 Å². The minimum absolute atomic E-state index is 0.172. The van der Waals surface area contributed by atoms with Crippen molar-refractivity contribution in [2.45, 2.75) is 18.9 Å². The van der Waals surface area contributed by atoms with Gasteiger partial charge in [-0.25, -0.2) is 9.78 Å². The lowest BCUT2D eigenvalue weighted by Crippen LogP contribution is -2.52. The third-order valence-corrected chi connectivity index (χ3v) is 6.40. The number of hydrogen-bond acceptors (Lipinski definition) is 7. The van der Waals surface area contributed by atoms with Gasteiger partial charge in [-0.3, -0.25) is 20.5 Å². The van der Waals surface area contributed by atoms with E-state index >= 15 is 0 Å². The molecule has 2 amide bonds. The Morgan fingerprint density at radius 3 is 2.63 bits per heavy atom. The van der Waals surface area contributed by atoms with E-state index < -0.39 is 6.03 Å². The molecule has 154 valence electrons. The lowest BCUT2D eigenvalue weighted by Gasteiger charge is -2.44. The van der Waals surface area contributed by atoms with E-state index in [1.54, 1.807) is 23.8 Å². The molecule has 1 unspecified atom stereocenters. The van der Waals surface area contributed by atoms with Crippen LogP contribution in [0.2, 0.25) is 0 Å². The van der Waals surface area contributed by atoms with E-state index in [9.17, 15) is 4.79 Å². The summed E-state index contributed by atoms with van der Waals surface area (Å²) in [6.45, 7) is 3.28. The molecule has 6 rings (SSSR count). The first kappa shape index (κ1) is 19.0. The van der Waals surface area contributed by atoms with Crippen LogP contribution >= 0.6 is 11.3 Å². The average Bonchev–Trinajstić information content (AvgIpc) is 3.24. The Hall–Kier alpha value is -3.04. The van der Waals surface area contributed by atoms with Gasteiger partial charge in [0.1, 0.15) is 22.7 Å². The number of urea groups is 1. The van der Waals surface area contributed by atoms with E-state index in [4.69, 9.17) is 4.74 Å². The summed E-state index contributed by atoms with van der Waals surface area (Å²) < 4.78 is 6.14. The lowest BCUT2D eigenvalue weighted by molar-refractivity contribution is -0.00985. The Kier molecular flexibility index (Phi) is 5.29. The van der Waals surface area contributed by atoms with Gasteiger partial charge in [0.2, 0.25) is 5.88 Å². The molecule has 2 N–H and O–H groups in total. The molecule has 3 aliphatic rings. The summed E-state index contributed by atoms with van der Waals surface area (Å²) in [5, 5.41) is 8.12. The summed E-state index contributed by atoms with van der Waals surface area (Å²) in [5.74, 6) is 2.07. The molecule has 0 aliphatic carbocycles. The quantitative estimate of drug-likeness (QED) is 0.651. The third-order valence-electron chi connectivity index (χ3n) is 5.51. The second kappa shape index (κ2) is 8.37. The highest BCUT2D eigenvalue weighted by Crippen LogP contribution is 2.30. The maximum absolute atomic E-state index is 12.4. The molecular formula is C21H22N6O2S. The maximum Gasteiger partial charge on any atom is 0.326 e. The molecule has 3 aromatic rings. The number of nitrogens with one attached hydrogen (secondary N) is 2. The monoisotopic (exact) mass is 422 g/mol. The van der Waals surface area contributed by atoms with Crippen LogP contribution in [0.1, 0.15) is 12.8 Å². The van der Waals surface area contributed by atoms with E-state index in [1.165, 1.54) is 37.3 Å². The summed E-state index contributed by atoms with van der Waals surface area (Å²) in [6.07, 6.45) is 5.96. The van der Waals surface area contributed by atoms with Gasteiger partial charge in [-0.1, -0.05) is 6.07 Å². The van der Waals surface area contributed by atoms with Crippen LogP contribution in [0.15, 0.2) is 48.1 Å². The molecule has 3 aliphatic heterocycles. The van der Waals surface area contributed by atoms with Crippen molar-refractivity contribution < 1.29 is 9.53 Å². The highest BCUT2D eigenvalue weighted by molar-refractivity contribution is 7.13. The van der Waals surface area contributed by atoms with Crippen molar-refractivity contribution in [3.63, 3.8) is 0 Å². The molecule has 0 radical (unpaired) electrons. The van der Waals surface area contributed by atoms with Crippen molar-refractivity contribution >= 4 is 29.0 Å². The Bertz CT molecular complexity index is 1020. The molecule has 6 heterocycles. The van der Waals surface area contributed by atoms with Crippen LogP contribution in [0, 0.1) is 5.92 Å². The first-order valence-corrected chi connectivity index (χ1v) is 10.9. The van der Waals surface area contributed by atoms with E-state index in [0.717, 1.165) is 17.1 Å². The number of thiazole rings is 1. The molecule has 0 saturated carbocycles. The van der Waals surface area contributed by atoms with Gasteiger partial charge in [0.25, 0.3) is 0 Å². The van der Waals surface area contributed by atoms with Crippen molar-refractivity contribution in [3.8, 4) is 16.5 Å². The van der Waals surface area contributed by atoms with E-state index in [2.05, 4.69) is 30.5 Å². The van der Waals surface area contributed by atoms with E-state index in [0.29, 0.717) is 23.4 Å². The SMILES string of the molecule is O=C(Nc1cccc(OC2CN3CCC2CC3)n1)Nc1csc(-c2ccncc2)n1. The van der Waals surface area contributed by atoms with Crippen molar-refractivity contribution in [2.75, 3.05) is 30.3 Å². The standard InChI is InChI=1S/C21H22N6O2S/c28-21(26-18-13-30-20(24-18)15-4-8-22-9-5-15)25-17-2-1-3-19(23-17)29-16-12-27-10-6-14(16)7-11-27/h1-5,8-9,13-14,16H,6-7,10-12H2,(H2,23,25,26,28). The zero-order valence-electron chi connectivity index (χ0n) is 16.3. The summed E-state index contributed by atoms with van der Waals surface area (Å²) in [4.78, 5) is 27.7. The summed E-state index contributed by atoms with van der Waals surface area (Å²) in [7, 11) is 0. The summed E-state index contributed by atoms with van der Waals surface area (Å²) in [6, 6.07) is 8.78. The number of rotatable bonds is 5. The minimum Gasteiger partial charge on any atom is -0.473 e. The molecular weight excluding hydrogens is 400 g/mol. The van der Waals surface area contributed by atoms with Gasteiger partial charge in [0.15, 0.2) is 0 Å². The topological polar surface area (TPSA) is 92.3 Å². The van der Waals surface area contributed by atoms with Crippen molar-refractivity contribution in [1.82, 2.24) is 19.9 Å². The fourth-order valence-corrected chi connectivity index (χ4v) is 4.73. The summed E-state index contributed by atoms with van der Waals surface area (Å²) >= 11 is 1.46. The fourth-order valence-electron chi connectivity index (χ4n) is 3.97. The maximum atomic E-state index is 12.4. The molecule has 30 heavy (non-hydrogen) atoms. The molecule has 3 saturated heterocycles. The highest BCUT2D eigenvalue weighted by Gasteiger charge is 2.35. The number of carbonyl (C=O) groups excluding carboxylic acids is 1. The number of ether oxygens (including phenoxy) is 1. The van der Waals surface area contributed by atoms with E-state index in [-0.39, 0.29) is 6.10 Å². The van der Waals surface area contributed by atoms with Crippen LogP contribution in [-0.4, -0.2) is 51.6 Å². The number of aromatic nitrogens is 3. The Labute approximate surface area is 178 Å². The number of hydrogen-bond donors (Lipinski definition) is 2. The van der Waals surface area contributed by atoms with Crippen molar-refractivity contribution in [3.05, 3.63) is 48.1 Å². The first-order chi connectivity index (χ1) is 14.7. The van der Waals surface area contributed by atoms with Crippen LogP contribution < -0.4 is 15.4 Å². The zero-order chi connectivity index (χ0) is 20.3. The van der Waals surface area contributed by atoms with E-state index in [1.807, 2.05) is 24.3 Å². The predicted molar refractivity (Wildman–Crippen MR) is 116 cm³/mol. The molecule has 9 heteroatoms. The molecule has 8 nitrogen and oxygen atoms in total.